The summed E-state index contributed by atoms with van der Waals surface area (Å²) in [5.74, 6) is -0.409. The molecule has 3 aromatic rings. The zero-order valence-corrected chi connectivity index (χ0v) is 14.9. The van der Waals surface area contributed by atoms with Gasteiger partial charge in [-0.3, -0.25) is 9.59 Å². The van der Waals surface area contributed by atoms with Gasteiger partial charge in [0.2, 0.25) is 0 Å². The highest BCUT2D eigenvalue weighted by Gasteiger charge is 2.36. The van der Waals surface area contributed by atoms with Gasteiger partial charge in [0.15, 0.2) is 0 Å². The third-order valence-electron chi connectivity index (χ3n) is 4.41. The minimum Gasteiger partial charge on any atom is -0.465 e. The second kappa shape index (κ2) is 7.00. The van der Waals surface area contributed by atoms with E-state index in [9.17, 15) is 14.4 Å². The molecule has 0 N–H and O–H groups in total. The number of carbonyl (C=O) groups is 3. The van der Waals surface area contributed by atoms with Crippen molar-refractivity contribution in [3.8, 4) is 11.5 Å². The molecular weight excluding hydrogens is 358 g/mol. The van der Waals surface area contributed by atoms with Gasteiger partial charge in [0, 0.05) is 0 Å². The van der Waals surface area contributed by atoms with Gasteiger partial charge < -0.3 is 9.47 Å². The highest BCUT2D eigenvalue weighted by molar-refractivity contribution is 6.34. The summed E-state index contributed by atoms with van der Waals surface area (Å²) in [5.41, 5.74) is 1.52. The van der Waals surface area contributed by atoms with Crippen LogP contribution in [-0.2, 0) is 4.74 Å². The highest BCUT2D eigenvalue weighted by atomic mass is 16.5. The molecule has 0 spiro atoms. The number of fused-ring (bicyclic) bond motifs is 1. The highest BCUT2D eigenvalue weighted by Crippen LogP contribution is 2.31. The zero-order chi connectivity index (χ0) is 19.7. The summed E-state index contributed by atoms with van der Waals surface area (Å²) >= 11 is 0. The quantitative estimate of drug-likeness (QED) is 0.509. The lowest BCUT2D eigenvalue weighted by Crippen LogP contribution is -2.29. The van der Waals surface area contributed by atoms with Gasteiger partial charge in [-0.05, 0) is 48.5 Å². The first-order valence-corrected chi connectivity index (χ1v) is 8.53. The van der Waals surface area contributed by atoms with Gasteiger partial charge in [-0.15, -0.1) is 0 Å². The summed E-state index contributed by atoms with van der Waals surface area (Å²) in [6.07, 6.45) is 0. The Morgan fingerprint density at radius 1 is 0.786 bits per heavy atom. The molecule has 6 heteroatoms. The monoisotopic (exact) mass is 373 g/mol. The number of ether oxygens (including phenoxy) is 2. The number of hydrogen-bond donors (Lipinski definition) is 0. The average molecular weight is 373 g/mol. The molecule has 0 atom stereocenters. The van der Waals surface area contributed by atoms with E-state index in [4.69, 9.17) is 9.47 Å². The molecule has 0 radical (unpaired) electrons. The van der Waals surface area contributed by atoms with E-state index < -0.39 is 5.97 Å². The number of methoxy groups -OCH3 is 1. The number of imide groups is 1. The number of para-hydroxylation sites is 1. The Morgan fingerprint density at radius 2 is 1.36 bits per heavy atom. The van der Waals surface area contributed by atoms with Crippen molar-refractivity contribution in [3.63, 3.8) is 0 Å². The van der Waals surface area contributed by atoms with Crippen LogP contribution in [0.1, 0.15) is 31.1 Å². The molecule has 0 saturated carbocycles. The van der Waals surface area contributed by atoms with Crippen molar-refractivity contribution >= 4 is 23.5 Å². The van der Waals surface area contributed by atoms with Gasteiger partial charge >= 0.3 is 5.97 Å². The summed E-state index contributed by atoms with van der Waals surface area (Å²) in [5, 5.41) is 0. The second-order valence-corrected chi connectivity index (χ2v) is 6.08. The molecule has 0 bridgehead atoms. The fourth-order valence-electron chi connectivity index (χ4n) is 3.05. The van der Waals surface area contributed by atoms with Crippen LogP contribution in [0, 0.1) is 0 Å². The molecule has 138 valence electrons. The van der Waals surface area contributed by atoms with Crippen molar-refractivity contribution in [3.05, 3.63) is 89.5 Å². The van der Waals surface area contributed by atoms with E-state index in [0.29, 0.717) is 33.9 Å². The Hall–Kier alpha value is -3.93. The maximum absolute atomic E-state index is 12.6. The van der Waals surface area contributed by atoms with Crippen LogP contribution < -0.4 is 9.64 Å². The number of nitrogens with zero attached hydrogens (tertiary/aromatic N) is 1. The molecule has 0 unspecified atom stereocenters. The Morgan fingerprint density at radius 3 is 1.96 bits per heavy atom. The number of esters is 1. The number of carbonyl (C=O) groups excluding carboxylic acids is 3. The Kier molecular flexibility index (Phi) is 4.37. The predicted octanol–water partition coefficient (Wildman–Crippen LogP) is 4.07. The van der Waals surface area contributed by atoms with E-state index in [0.717, 1.165) is 4.90 Å². The number of anilines is 1. The fraction of sp³-hybridized carbons (Fsp3) is 0.0455. The molecule has 0 aromatic heterocycles. The first-order chi connectivity index (χ1) is 13.6. The van der Waals surface area contributed by atoms with E-state index in [-0.39, 0.29) is 11.8 Å². The molecule has 1 aliphatic rings. The number of rotatable bonds is 4. The molecule has 28 heavy (non-hydrogen) atoms. The fourth-order valence-corrected chi connectivity index (χ4v) is 3.05. The Balaban J connectivity index is 1.59. The molecule has 3 aromatic carbocycles. The first-order valence-electron chi connectivity index (χ1n) is 8.53. The van der Waals surface area contributed by atoms with Crippen LogP contribution in [0.5, 0.6) is 11.5 Å². The normalized spacial score (nSPS) is 12.7. The Labute approximate surface area is 160 Å². The third-order valence-corrected chi connectivity index (χ3v) is 4.41. The topological polar surface area (TPSA) is 72.9 Å². The van der Waals surface area contributed by atoms with Crippen molar-refractivity contribution in [1.29, 1.82) is 0 Å². The van der Waals surface area contributed by atoms with Crippen LogP contribution in [0.15, 0.2) is 72.8 Å². The van der Waals surface area contributed by atoms with Gasteiger partial charge in [0.25, 0.3) is 11.8 Å². The second-order valence-electron chi connectivity index (χ2n) is 6.08. The molecule has 0 saturated heterocycles. The lowest BCUT2D eigenvalue weighted by molar-refractivity contribution is 0.0597. The number of amides is 2. The molecule has 0 fully saturated rings. The van der Waals surface area contributed by atoms with Crippen LogP contribution in [0.3, 0.4) is 0 Å². The molecular formula is C22H15NO5. The van der Waals surface area contributed by atoms with E-state index >= 15 is 0 Å². The predicted molar refractivity (Wildman–Crippen MR) is 102 cm³/mol. The minimum atomic E-state index is -0.502. The van der Waals surface area contributed by atoms with Crippen molar-refractivity contribution in [2.24, 2.45) is 0 Å². The Bertz CT molecular complexity index is 1050. The number of benzene rings is 3. The summed E-state index contributed by atoms with van der Waals surface area (Å²) in [7, 11) is 1.30. The van der Waals surface area contributed by atoms with E-state index in [1.165, 1.54) is 7.11 Å². The van der Waals surface area contributed by atoms with Crippen LogP contribution >= 0.6 is 0 Å². The van der Waals surface area contributed by atoms with E-state index in [1.54, 1.807) is 72.8 Å². The van der Waals surface area contributed by atoms with Gasteiger partial charge in [-0.25, -0.2) is 9.69 Å². The summed E-state index contributed by atoms with van der Waals surface area (Å²) < 4.78 is 10.5. The maximum atomic E-state index is 12.6. The summed E-state index contributed by atoms with van der Waals surface area (Å²) in [6.45, 7) is 0. The molecule has 0 aliphatic carbocycles. The van der Waals surface area contributed by atoms with E-state index in [2.05, 4.69) is 0 Å². The smallest absolute Gasteiger partial charge is 0.341 e. The zero-order valence-electron chi connectivity index (χ0n) is 14.9. The SMILES string of the molecule is COC(=O)c1ccccc1Oc1ccc(N2C(=O)c3ccccc3C2=O)cc1. The van der Waals surface area contributed by atoms with Gasteiger partial charge in [-0.1, -0.05) is 24.3 Å². The first kappa shape index (κ1) is 17.5. The third kappa shape index (κ3) is 2.91. The molecule has 1 aliphatic heterocycles. The summed E-state index contributed by atoms with van der Waals surface area (Å²) in [6, 6.07) is 20.0. The minimum absolute atomic E-state index is 0.300. The van der Waals surface area contributed by atoms with Crippen LogP contribution in [-0.4, -0.2) is 24.9 Å². The standard InChI is InChI=1S/C22H15NO5/c1-27-22(26)18-8-4-5-9-19(18)28-15-12-10-14(11-13-15)23-20(24)16-6-2-3-7-17(16)21(23)25/h2-13H,1H3. The van der Waals surface area contributed by atoms with Crippen LogP contribution in [0.2, 0.25) is 0 Å². The van der Waals surface area contributed by atoms with Crippen LogP contribution in [0.25, 0.3) is 0 Å². The van der Waals surface area contributed by atoms with Gasteiger partial charge in [0.05, 0.1) is 23.9 Å². The molecule has 1 heterocycles. The largest absolute Gasteiger partial charge is 0.465 e. The van der Waals surface area contributed by atoms with Crippen molar-refractivity contribution < 1.29 is 23.9 Å². The van der Waals surface area contributed by atoms with Crippen LogP contribution in [0.4, 0.5) is 5.69 Å². The molecule has 2 amide bonds. The molecule has 6 nitrogen and oxygen atoms in total. The molecule has 4 rings (SSSR count). The van der Waals surface area contributed by atoms with Crippen molar-refractivity contribution in [2.75, 3.05) is 12.0 Å². The van der Waals surface area contributed by atoms with Crippen molar-refractivity contribution in [1.82, 2.24) is 0 Å². The van der Waals surface area contributed by atoms with Crippen molar-refractivity contribution in [2.45, 2.75) is 0 Å². The average Bonchev–Trinajstić information content (AvgIpc) is 2.99. The van der Waals surface area contributed by atoms with Gasteiger partial charge in [-0.2, -0.15) is 0 Å². The lowest BCUT2D eigenvalue weighted by Gasteiger charge is -2.15. The number of hydrogen-bond acceptors (Lipinski definition) is 5. The van der Waals surface area contributed by atoms with E-state index in [1.807, 2.05) is 0 Å². The lowest BCUT2D eigenvalue weighted by atomic mass is 10.1. The maximum Gasteiger partial charge on any atom is 0.341 e. The van der Waals surface area contributed by atoms with Gasteiger partial charge in [0.1, 0.15) is 17.1 Å². The summed E-state index contributed by atoms with van der Waals surface area (Å²) in [4.78, 5) is 38.1.